The van der Waals surface area contributed by atoms with E-state index in [0.717, 1.165) is 11.4 Å². The molecule has 0 aromatic heterocycles. The van der Waals surface area contributed by atoms with Crippen molar-refractivity contribution in [2.75, 3.05) is 0 Å². The molecule has 2 N–H and O–H groups in total. The van der Waals surface area contributed by atoms with Crippen molar-refractivity contribution in [3.63, 3.8) is 0 Å². The normalized spacial score (nSPS) is 38.8. The smallest absolute Gasteiger partial charge is 0.254 e. The van der Waals surface area contributed by atoms with E-state index in [1.165, 1.54) is 24.4 Å². The first kappa shape index (κ1) is 13.8. The molecular formula is C18H16N2O4. The lowest BCUT2D eigenvalue weighted by Crippen LogP contribution is -2.40. The molecule has 6 nitrogen and oxygen atoms in total. The SMILES string of the molecule is O=C1[C@@H]2[C@@H]3C=C[C@H]([C@H]4C[C@H]34)[C@@H]2C(=O)N1/N=C\c1ccc(O)cc1O. The van der Waals surface area contributed by atoms with Crippen LogP contribution >= 0.6 is 0 Å². The maximum Gasteiger partial charge on any atom is 0.254 e. The topological polar surface area (TPSA) is 90.2 Å². The Balaban J connectivity index is 1.45. The zero-order chi connectivity index (χ0) is 16.6. The van der Waals surface area contributed by atoms with E-state index in [-0.39, 0.29) is 47.0 Å². The number of rotatable bonds is 2. The lowest BCUT2D eigenvalue weighted by Gasteiger charge is -2.37. The minimum atomic E-state index is -0.276. The summed E-state index contributed by atoms with van der Waals surface area (Å²) in [6.45, 7) is 0. The van der Waals surface area contributed by atoms with Crippen LogP contribution < -0.4 is 0 Å². The zero-order valence-electron chi connectivity index (χ0n) is 12.7. The molecular weight excluding hydrogens is 308 g/mol. The Morgan fingerprint density at radius 3 is 2.25 bits per heavy atom. The molecule has 1 aromatic carbocycles. The van der Waals surface area contributed by atoms with Crippen molar-refractivity contribution in [2.45, 2.75) is 6.42 Å². The number of allylic oxidation sites excluding steroid dienone is 2. The van der Waals surface area contributed by atoms with Crippen LogP contribution in [0.1, 0.15) is 12.0 Å². The Labute approximate surface area is 138 Å². The third kappa shape index (κ3) is 1.68. The van der Waals surface area contributed by atoms with Crippen molar-refractivity contribution in [2.24, 2.45) is 40.6 Å². The summed E-state index contributed by atoms with van der Waals surface area (Å²) in [5.74, 6) is 0.222. The molecule has 1 heterocycles. The van der Waals surface area contributed by atoms with Gasteiger partial charge < -0.3 is 10.2 Å². The van der Waals surface area contributed by atoms with E-state index in [9.17, 15) is 19.8 Å². The highest BCUT2D eigenvalue weighted by Gasteiger charge is 2.67. The van der Waals surface area contributed by atoms with Gasteiger partial charge in [0, 0.05) is 11.6 Å². The quantitative estimate of drug-likeness (QED) is 0.490. The second-order valence-corrected chi connectivity index (χ2v) is 7.13. The van der Waals surface area contributed by atoms with Crippen LogP contribution in [0.15, 0.2) is 35.5 Å². The van der Waals surface area contributed by atoms with Gasteiger partial charge in [0.15, 0.2) is 0 Å². The molecule has 6 rings (SSSR count). The van der Waals surface area contributed by atoms with E-state index in [1.807, 2.05) is 0 Å². The molecule has 5 aliphatic rings. The second-order valence-electron chi connectivity index (χ2n) is 7.13. The van der Waals surface area contributed by atoms with Gasteiger partial charge in [-0.2, -0.15) is 10.1 Å². The molecule has 2 saturated carbocycles. The summed E-state index contributed by atoms with van der Waals surface area (Å²) >= 11 is 0. The molecule has 24 heavy (non-hydrogen) atoms. The number of phenolic OH excluding ortho intramolecular Hbond substituents is 2. The summed E-state index contributed by atoms with van der Waals surface area (Å²) in [6.07, 6.45) is 6.65. The number of hydrazone groups is 1. The Morgan fingerprint density at radius 2 is 1.67 bits per heavy atom. The molecule has 0 spiro atoms. The molecule has 0 radical (unpaired) electrons. The van der Waals surface area contributed by atoms with Gasteiger partial charge in [-0.05, 0) is 42.2 Å². The molecule has 4 aliphatic carbocycles. The molecule has 122 valence electrons. The predicted molar refractivity (Wildman–Crippen MR) is 83.9 cm³/mol. The summed E-state index contributed by atoms with van der Waals surface area (Å²) in [5, 5.41) is 24.1. The van der Waals surface area contributed by atoms with Gasteiger partial charge in [0.05, 0.1) is 18.1 Å². The van der Waals surface area contributed by atoms with Crippen LogP contribution in [0.2, 0.25) is 0 Å². The van der Waals surface area contributed by atoms with Gasteiger partial charge in [0.2, 0.25) is 0 Å². The monoisotopic (exact) mass is 324 g/mol. The number of imide groups is 1. The van der Waals surface area contributed by atoms with Crippen LogP contribution in [0.25, 0.3) is 0 Å². The van der Waals surface area contributed by atoms with Gasteiger partial charge in [-0.25, -0.2) is 0 Å². The van der Waals surface area contributed by atoms with Gasteiger partial charge in [-0.1, -0.05) is 12.2 Å². The van der Waals surface area contributed by atoms with Crippen LogP contribution in [0, 0.1) is 35.5 Å². The van der Waals surface area contributed by atoms with Crippen molar-refractivity contribution >= 4 is 18.0 Å². The third-order valence-corrected chi connectivity index (χ3v) is 5.97. The minimum absolute atomic E-state index is 0.0640. The number of hydrogen-bond donors (Lipinski definition) is 2. The fourth-order valence-corrected chi connectivity index (χ4v) is 4.82. The van der Waals surface area contributed by atoms with Crippen LogP contribution in [0.4, 0.5) is 0 Å². The average molecular weight is 324 g/mol. The van der Waals surface area contributed by atoms with Crippen molar-refractivity contribution < 1.29 is 19.8 Å². The lowest BCUT2D eigenvalue weighted by molar-refractivity contribution is -0.140. The highest BCUT2D eigenvalue weighted by Crippen LogP contribution is 2.65. The van der Waals surface area contributed by atoms with E-state index >= 15 is 0 Å². The van der Waals surface area contributed by atoms with Crippen LogP contribution in [0.5, 0.6) is 11.5 Å². The van der Waals surface area contributed by atoms with E-state index in [2.05, 4.69) is 17.3 Å². The highest BCUT2D eigenvalue weighted by molar-refractivity contribution is 6.06. The summed E-state index contributed by atoms with van der Waals surface area (Å²) in [4.78, 5) is 25.4. The van der Waals surface area contributed by atoms with Gasteiger partial charge in [0.1, 0.15) is 11.5 Å². The van der Waals surface area contributed by atoms with E-state index in [0.29, 0.717) is 17.4 Å². The fourth-order valence-electron chi connectivity index (χ4n) is 4.82. The van der Waals surface area contributed by atoms with Gasteiger partial charge in [0.25, 0.3) is 11.8 Å². The molecule has 6 atom stereocenters. The molecule has 2 bridgehead atoms. The number of phenols is 2. The number of carbonyl (C=O) groups excluding carboxylic acids is 2. The first-order chi connectivity index (χ1) is 11.6. The number of amides is 2. The predicted octanol–water partition coefficient (Wildman–Crippen LogP) is 1.48. The van der Waals surface area contributed by atoms with Crippen LogP contribution in [0.3, 0.4) is 0 Å². The zero-order valence-corrected chi connectivity index (χ0v) is 12.7. The first-order valence-electron chi connectivity index (χ1n) is 8.18. The van der Waals surface area contributed by atoms with E-state index < -0.39 is 0 Å². The molecule has 6 heteroatoms. The van der Waals surface area contributed by atoms with Crippen molar-refractivity contribution in [3.05, 3.63) is 35.9 Å². The molecule has 0 unspecified atom stereocenters. The first-order valence-corrected chi connectivity index (χ1v) is 8.18. The fraction of sp³-hybridized carbons (Fsp3) is 0.389. The Kier molecular flexibility index (Phi) is 2.56. The number of nitrogens with zero attached hydrogens (tertiary/aromatic N) is 2. The highest BCUT2D eigenvalue weighted by atomic mass is 16.3. The van der Waals surface area contributed by atoms with Crippen LogP contribution in [-0.2, 0) is 9.59 Å². The molecule has 1 aliphatic heterocycles. The van der Waals surface area contributed by atoms with Crippen molar-refractivity contribution in [1.82, 2.24) is 5.01 Å². The van der Waals surface area contributed by atoms with Gasteiger partial charge >= 0.3 is 0 Å². The van der Waals surface area contributed by atoms with E-state index in [4.69, 9.17) is 0 Å². The summed E-state index contributed by atoms with van der Waals surface area (Å²) in [6, 6.07) is 4.07. The number of benzene rings is 1. The molecule has 3 fully saturated rings. The largest absolute Gasteiger partial charge is 0.508 e. The number of aromatic hydroxyl groups is 2. The average Bonchev–Trinajstić information content (AvgIpc) is 3.33. The number of hydrogen-bond acceptors (Lipinski definition) is 5. The third-order valence-electron chi connectivity index (χ3n) is 5.97. The summed E-state index contributed by atoms with van der Waals surface area (Å²) in [7, 11) is 0. The van der Waals surface area contributed by atoms with Crippen LogP contribution in [-0.4, -0.2) is 33.3 Å². The summed E-state index contributed by atoms with van der Waals surface area (Å²) in [5.41, 5.74) is 0.340. The van der Waals surface area contributed by atoms with Crippen molar-refractivity contribution in [3.8, 4) is 11.5 Å². The summed E-state index contributed by atoms with van der Waals surface area (Å²) < 4.78 is 0. The maximum atomic E-state index is 12.7. The second kappa shape index (κ2) is 4.47. The minimum Gasteiger partial charge on any atom is -0.508 e. The standard InChI is InChI=1S/C18H16N2O4/c21-9-2-1-8(14(22)5-9)7-19-20-17(23)15-10-3-4-11(13-6-12(10)13)16(15)18(20)24/h1-5,7,10-13,15-16,21-22H,6H2/b19-7-/t10-,11-,12-,13-,15-,16+/m1/s1. The molecule has 1 aromatic rings. The Bertz CT molecular complexity index is 794. The Hall–Kier alpha value is -2.63. The van der Waals surface area contributed by atoms with E-state index in [1.54, 1.807) is 0 Å². The van der Waals surface area contributed by atoms with Gasteiger partial charge in [-0.3, -0.25) is 9.59 Å². The molecule has 2 amide bonds. The molecule has 1 saturated heterocycles. The van der Waals surface area contributed by atoms with Gasteiger partial charge in [-0.15, -0.1) is 0 Å². The van der Waals surface area contributed by atoms with Crippen molar-refractivity contribution in [1.29, 1.82) is 0 Å². The Morgan fingerprint density at radius 1 is 1.04 bits per heavy atom. The lowest BCUT2D eigenvalue weighted by atomic mass is 9.63. The number of carbonyl (C=O) groups is 2. The maximum absolute atomic E-state index is 12.7.